The van der Waals surface area contributed by atoms with Gasteiger partial charge in [-0.3, -0.25) is 14.3 Å². The van der Waals surface area contributed by atoms with E-state index in [4.69, 9.17) is 0 Å². The van der Waals surface area contributed by atoms with Gasteiger partial charge in [-0.05, 0) is 57.2 Å². The van der Waals surface area contributed by atoms with Gasteiger partial charge in [0, 0.05) is 62.9 Å². The quantitative estimate of drug-likeness (QED) is 0.551. The summed E-state index contributed by atoms with van der Waals surface area (Å²) in [6.45, 7) is 5.03. The molecule has 0 spiro atoms. The Labute approximate surface area is 200 Å². The van der Waals surface area contributed by atoms with Crippen LogP contribution in [0.3, 0.4) is 0 Å². The maximum Gasteiger partial charge on any atom is 0.254 e. The van der Waals surface area contributed by atoms with Crippen molar-refractivity contribution >= 4 is 11.4 Å². The van der Waals surface area contributed by atoms with Crippen LogP contribution in [0.5, 0.6) is 0 Å². The zero-order valence-electron chi connectivity index (χ0n) is 20.3. The van der Waals surface area contributed by atoms with Gasteiger partial charge in [-0.2, -0.15) is 0 Å². The molecule has 0 bridgehead atoms. The summed E-state index contributed by atoms with van der Waals surface area (Å²) in [5.74, 6) is 0.881. The van der Waals surface area contributed by atoms with Crippen LogP contribution in [0.1, 0.15) is 38.8 Å². The topological polar surface area (TPSA) is 84.1 Å². The Kier molecular flexibility index (Phi) is 6.36. The first-order chi connectivity index (χ1) is 16.5. The minimum Gasteiger partial charge on any atom is -0.376 e. The highest BCUT2D eigenvalue weighted by molar-refractivity contribution is 5.62. The fourth-order valence-corrected chi connectivity index (χ4v) is 4.55. The minimum atomic E-state index is -0.290. The number of piperidine rings is 1. The molecule has 0 radical (unpaired) electrons. The molecule has 2 aliphatic rings. The Bertz CT molecular complexity index is 1180. The van der Waals surface area contributed by atoms with Gasteiger partial charge >= 0.3 is 0 Å². The van der Waals surface area contributed by atoms with Crippen molar-refractivity contribution in [2.75, 3.05) is 43.5 Å². The van der Waals surface area contributed by atoms with Crippen molar-refractivity contribution in [3.05, 3.63) is 53.3 Å². The largest absolute Gasteiger partial charge is 0.376 e. The predicted molar refractivity (Wildman–Crippen MR) is 134 cm³/mol. The molecule has 9 heteroatoms. The van der Waals surface area contributed by atoms with Crippen molar-refractivity contribution in [1.82, 2.24) is 29.9 Å². The first-order valence-electron chi connectivity index (χ1n) is 12.2. The number of pyridine rings is 2. The summed E-state index contributed by atoms with van der Waals surface area (Å²) in [7, 11) is 3.95. The van der Waals surface area contributed by atoms with E-state index >= 15 is 0 Å². The van der Waals surface area contributed by atoms with Crippen molar-refractivity contribution in [2.24, 2.45) is 5.92 Å². The Hall–Kier alpha value is -3.20. The van der Waals surface area contributed by atoms with Crippen molar-refractivity contribution in [3.8, 4) is 11.3 Å². The van der Waals surface area contributed by atoms with E-state index in [1.165, 1.54) is 19.3 Å². The second kappa shape index (κ2) is 9.58. The van der Waals surface area contributed by atoms with Gasteiger partial charge in [0.15, 0.2) is 0 Å². The van der Waals surface area contributed by atoms with Gasteiger partial charge in [-0.1, -0.05) is 5.21 Å². The average molecular weight is 463 g/mol. The summed E-state index contributed by atoms with van der Waals surface area (Å²) in [4.78, 5) is 21.7. The number of hydrogen-bond acceptors (Lipinski definition) is 7. The highest BCUT2D eigenvalue weighted by Gasteiger charge is 2.25. The predicted octanol–water partition coefficient (Wildman–Crippen LogP) is 2.60. The standard InChI is InChI=1S/C25H34N8O/c1-18(33-17-24(28-29-33)20-11-23(30(2)3)15-26-14-20)32-10-8-22(12-25(32)34)31-9-4-5-21(16-31)27-13-19-6-7-19/h8,10-12,14-15,17-19,21,27H,4-7,9,13,16H2,1-3H3/t18-,21-/m1/s1. The maximum absolute atomic E-state index is 13.0. The van der Waals surface area contributed by atoms with Gasteiger partial charge < -0.3 is 15.1 Å². The highest BCUT2D eigenvalue weighted by Crippen LogP contribution is 2.28. The van der Waals surface area contributed by atoms with Crippen LogP contribution in [0, 0.1) is 5.92 Å². The van der Waals surface area contributed by atoms with Crippen molar-refractivity contribution < 1.29 is 0 Å². The Morgan fingerprint density at radius 1 is 1.21 bits per heavy atom. The van der Waals surface area contributed by atoms with Crippen LogP contribution in [0.4, 0.5) is 11.4 Å². The third-order valence-corrected chi connectivity index (χ3v) is 6.94. The monoisotopic (exact) mass is 462 g/mol. The Balaban J connectivity index is 1.29. The molecular formula is C25H34N8O. The molecule has 1 saturated heterocycles. The smallest absolute Gasteiger partial charge is 0.254 e. The maximum atomic E-state index is 13.0. The lowest BCUT2D eigenvalue weighted by atomic mass is 10.0. The molecule has 0 aromatic carbocycles. The molecule has 2 fully saturated rings. The molecule has 1 aliphatic carbocycles. The molecular weight excluding hydrogens is 428 g/mol. The van der Waals surface area contributed by atoms with Gasteiger partial charge in [0.1, 0.15) is 11.9 Å². The van der Waals surface area contributed by atoms with E-state index < -0.39 is 0 Å². The fraction of sp³-hybridized carbons (Fsp3) is 0.520. The molecule has 3 aromatic rings. The van der Waals surface area contributed by atoms with Crippen LogP contribution in [-0.2, 0) is 0 Å². The third kappa shape index (κ3) is 4.99. The first kappa shape index (κ1) is 22.6. The van der Waals surface area contributed by atoms with Crippen LogP contribution in [0.15, 0.2) is 47.8 Å². The molecule has 1 saturated carbocycles. The lowest BCUT2D eigenvalue weighted by molar-refractivity contribution is 0.403. The normalized spacial score (nSPS) is 19.3. The summed E-state index contributed by atoms with van der Waals surface area (Å²) >= 11 is 0. The van der Waals surface area contributed by atoms with E-state index in [1.54, 1.807) is 21.5 Å². The summed E-state index contributed by atoms with van der Waals surface area (Å²) in [5.41, 5.74) is 3.58. The Morgan fingerprint density at radius 2 is 2.06 bits per heavy atom. The molecule has 4 heterocycles. The number of hydrogen-bond donors (Lipinski definition) is 1. The summed E-state index contributed by atoms with van der Waals surface area (Å²) in [5, 5.41) is 12.3. The van der Waals surface area contributed by atoms with Gasteiger partial charge in [0.05, 0.1) is 18.1 Å². The van der Waals surface area contributed by atoms with Crippen LogP contribution in [0.2, 0.25) is 0 Å². The number of aromatic nitrogens is 5. The summed E-state index contributed by atoms with van der Waals surface area (Å²) in [6.07, 6.45) is 12.1. The molecule has 1 N–H and O–H groups in total. The van der Waals surface area contributed by atoms with Gasteiger partial charge in [0.25, 0.3) is 5.56 Å². The van der Waals surface area contributed by atoms with E-state index in [0.717, 1.165) is 54.6 Å². The molecule has 1 aliphatic heterocycles. The van der Waals surface area contributed by atoms with Gasteiger partial charge in [-0.25, -0.2) is 4.68 Å². The molecule has 2 atom stereocenters. The molecule has 180 valence electrons. The van der Waals surface area contributed by atoms with Gasteiger partial charge in [0.2, 0.25) is 0 Å². The minimum absolute atomic E-state index is 0.0358. The fourth-order valence-electron chi connectivity index (χ4n) is 4.55. The number of nitrogens with one attached hydrogen (secondary N) is 1. The van der Waals surface area contributed by atoms with E-state index in [2.05, 4.69) is 25.5 Å². The highest BCUT2D eigenvalue weighted by atomic mass is 16.1. The molecule has 0 unspecified atom stereocenters. The van der Waals surface area contributed by atoms with Crippen LogP contribution in [-0.4, -0.2) is 64.3 Å². The number of rotatable bonds is 8. The van der Waals surface area contributed by atoms with E-state index in [0.29, 0.717) is 6.04 Å². The molecule has 5 rings (SSSR count). The molecule has 3 aromatic heterocycles. The average Bonchev–Trinajstić information content (AvgIpc) is 3.56. The lowest BCUT2D eigenvalue weighted by Crippen LogP contribution is -2.46. The second-order valence-electron chi connectivity index (χ2n) is 9.81. The zero-order valence-corrected chi connectivity index (χ0v) is 20.3. The zero-order chi connectivity index (χ0) is 23.7. The van der Waals surface area contributed by atoms with E-state index in [1.807, 2.05) is 56.6 Å². The van der Waals surface area contributed by atoms with Crippen LogP contribution in [0.25, 0.3) is 11.3 Å². The SMILES string of the molecule is C[C@@H](n1cc(-c2cncc(N(C)C)c2)nn1)n1ccc(N2CCC[C@@H](NCC3CC3)C2)cc1=O. The van der Waals surface area contributed by atoms with Crippen molar-refractivity contribution in [3.63, 3.8) is 0 Å². The number of nitrogens with zero attached hydrogens (tertiary/aromatic N) is 7. The van der Waals surface area contributed by atoms with Crippen molar-refractivity contribution in [2.45, 2.75) is 44.8 Å². The Morgan fingerprint density at radius 3 is 2.82 bits per heavy atom. The van der Waals surface area contributed by atoms with E-state index in [9.17, 15) is 4.79 Å². The number of anilines is 2. The summed E-state index contributed by atoms with van der Waals surface area (Å²) < 4.78 is 3.42. The van der Waals surface area contributed by atoms with Gasteiger partial charge in [-0.15, -0.1) is 5.10 Å². The van der Waals surface area contributed by atoms with E-state index in [-0.39, 0.29) is 11.7 Å². The second-order valence-corrected chi connectivity index (χ2v) is 9.81. The third-order valence-electron chi connectivity index (χ3n) is 6.94. The first-order valence-corrected chi connectivity index (χ1v) is 12.2. The van der Waals surface area contributed by atoms with Crippen LogP contribution < -0.4 is 20.7 Å². The summed E-state index contributed by atoms with van der Waals surface area (Å²) in [6, 6.07) is 6.33. The lowest BCUT2D eigenvalue weighted by Gasteiger charge is -2.35. The molecule has 34 heavy (non-hydrogen) atoms. The van der Waals surface area contributed by atoms with Crippen molar-refractivity contribution in [1.29, 1.82) is 0 Å². The molecule has 9 nitrogen and oxygen atoms in total. The molecule has 0 amide bonds. The van der Waals surface area contributed by atoms with Crippen LogP contribution >= 0.6 is 0 Å².